The molecule has 1 aromatic rings. The molecule has 14 heavy (non-hydrogen) atoms. The molecule has 0 saturated carbocycles. The molecule has 1 aromatic carbocycles. The van der Waals surface area contributed by atoms with Gasteiger partial charge in [0, 0.05) is 16.3 Å². The zero-order valence-electron chi connectivity index (χ0n) is 8.65. The van der Waals surface area contributed by atoms with E-state index in [1.54, 1.807) is 6.07 Å². The molecule has 0 amide bonds. The van der Waals surface area contributed by atoms with E-state index in [4.69, 9.17) is 11.3 Å². The number of anilines is 1. The van der Waals surface area contributed by atoms with Gasteiger partial charge in [-0.25, -0.2) is 0 Å². The van der Waals surface area contributed by atoms with Crippen molar-refractivity contribution in [1.29, 1.82) is 0 Å². The lowest BCUT2D eigenvalue weighted by atomic mass is 9.86. The summed E-state index contributed by atoms with van der Waals surface area (Å²) in [6.07, 6.45) is 0. The Labute approximate surface area is 83.4 Å². The first-order valence-electron chi connectivity index (χ1n) is 4.39. The standard InChI is InChI=1S/C10H14N4/c1-10(2,3)7-4-8(11)6-9(5-7)13-14-12/h4-6H,11H2,1-3H3. The van der Waals surface area contributed by atoms with Gasteiger partial charge in [0.15, 0.2) is 0 Å². The quantitative estimate of drug-likeness (QED) is 0.313. The number of rotatable bonds is 1. The predicted molar refractivity (Wildman–Crippen MR) is 58.4 cm³/mol. The SMILES string of the molecule is CC(C)(C)c1cc(N)cc(N=[N+]=[N-])c1. The summed E-state index contributed by atoms with van der Waals surface area (Å²) < 4.78 is 0. The highest BCUT2D eigenvalue weighted by molar-refractivity contribution is 5.55. The van der Waals surface area contributed by atoms with Gasteiger partial charge in [0.2, 0.25) is 0 Å². The van der Waals surface area contributed by atoms with Crippen LogP contribution in [0.2, 0.25) is 0 Å². The van der Waals surface area contributed by atoms with Crippen LogP contribution in [-0.2, 0) is 5.41 Å². The third-order valence-corrected chi connectivity index (χ3v) is 1.97. The third kappa shape index (κ3) is 2.41. The molecule has 0 spiro atoms. The molecular formula is C10H14N4. The lowest BCUT2D eigenvalue weighted by Gasteiger charge is -2.19. The Morgan fingerprint density at radius 2 is 1.93 bits per heavy atom. The van der Waals surface area contributed by atoms with Crippen LogP contribution < -0.4 is 5.73 Å². The van der Waals surface area contributed by atoms with E-state index in [0.717, 1.165) is 5.56 Å². The topological polar surface area (TPSA) is 74.8 Å². The maximum atomic E-state index is 8.32. The van der Waals surface area contributed by atoms with Crippen molar-refractivity contribution >= 4 is 11.4 Å². The van der Waals surface area contributed by atoms with Gasteiger partial charge >= 0.3 is 0 Å². The van der Waals surface area contributed by atoms with Crippen molar-refractivity contribution in [3.05, 3.63) is 34.2 Å². The number of azide groups is 1. The number of nitrogens with zero attached hydrogens (tertiary/aromatic N) is 3. The lowest BCUT2D eigenvalue weighted by molar-refractivity contribution is 0.590. The van der Waals surface area contributed by atoms with Gasteiger partial charge in [0.1, 0.15) is 0 Å². The van der Waals surface area contributed by atoms with Crippen molar-refractivity contribution < 1.29 is 0 Å². The number of nitrogens with two attached hydrogens (primary N) is 1. The van der Waals surface area contributed by atoms with Crippen molar-refractivity contribution in [3.63, 3.8) is 0 Å². The predicted octanol–water partition coefficient (Wildman–Crippen LogP) is 3.51. The molecule has 0 aromatic heterocycles. The Bertz CT molecular complexity index is 384. The summed E-state index contributed by atoms with van der Waals surface area (Å²) in [7, 11) is 0. The largest absolute Gasteiger partial charge is 0.399 e. The Kier molecular flexibility index (Phi) is 2.68. The van der Waals surface area contributed by atoms with Gasteiger partial charge < -0.3 is 5.73 Å². The summed E-state index contributed by atoms with van der Waals surface area (Å²) >= 11 is 0. The summed E-state index contributed by atoms with van der Waals surface area (Å²) in [5, 5.41) is 3.54. The second-order valence-electron chi connectivity index (χ2n) is 4.25. The van der Waals surface area contributed by atoms with Crippen LogP contribution in [0, 0.1) is 0 Å². The van der Waals surface area contributed by atoms with E-state index in [9.17, 15) is 0 Å². The first kappa shape index (κ1) is 10.4. The highest BCUT2D eigenvalue weighted by Gasteiger charge is 2.14. The molecule has 0 radical (unpaired) electrons. The van der Waals surface area contributed by atoms with E-state index in [0.29, 0.717) is 11.4 Å². The lowest BCUT2D eigenvalue weighted by Crippen LogP contribution is -2.11. The smallest absolute Gasteiger partial charge is 0.0398 e. The minimum absolute atomic E-state index is 0.00903. The Morgan fingerprint density at radius 1 is 1.29 bits per heavy atom. The van der Waals surface area contributed by atoms with Gasteiger partial charge in [-0.05, 0) is 34.7 Å². The van der Waals surface area contributed by atoms with E-state index >= 15 is 0 Å². The molecule has 0 fully saturated rings. The van der Waals surface area contributed by atoms with Crippen molar-refractivity contribution in [3.8, 4) is 0 Å². The highest BCUT2D eigenvalue weighted by atomic mass is 15.1. The summed E-state index contributed by atoms with van der Waals surface area (Å²) in [6.45, 7) is 6.25. The number of nitrogen functional groups attached to an aromatic ring is 1. The minimum atomic E-state index is 0.00903. The average molecular weight is 190 g/mol. The van der Waals surface area contributed by atoms with Crippen molar-refractivity contribution in [2.75, 3.05) is 5.73 Å². The van der Waals surface area contributed by atoms with Crippen LogP contribution in [0.25, 0.3) is 10.4 Å². The minimum Gasteiger partial charge on any atom is -0.399 e. The van der Waals surface area contributed by atoms with E-state index in [-0.39, 0.29) is 5.41 Å². The van der Waals surface area contributed by atoms with Gasteiger partial charge in [-0.15, -0.1) is 0 Å². The first-order chi connectivity index (χ1) is 6.43. The molecule has 0 heterocycles. The normalized spacial score (nSPS) is 10.8. The number of hydrogen-bond donors (Lipinski definition) is 1. The fourth-order valence-electron chi connectivity index (χ4n) is 1.18. The zero-order chi connectivity index (χ0) is 10.8. The maximum absolute atomic E-state index is 8.32. The van der Waals surface area contributed by atoms with Crippen molar-refractivity contribution in [2.45, 2.75) is 26.2 Å². The highest BCUT2D eigenvalue weighted by Crippen LogP contribution is 2.28. The van der Waals surface area contributed by atoms with Crippen LogP contribution in [0.1, 0.15) is 26.3 Å². The summed E-state index contributed by atoms with van der Waals surface area (Å²) in [5.41, 5.74) is 16.3. The molecule has 1 rings (SSSR count). The second kappa shape index (κ2) is 3.60. The fraction of sp³-hybridized carbons (Fsp3) is 0.400. The zero-order valence-corrected chi connectivity index (χ0v) is 8.65. The van der Waals surface area contributed by atoms with Gasteiger partial charge in [0.25, 0.3) is 0 Å². The monoisotopic (exact) mass is 190 g/mol. The fourth-order valence-corrected chi connectivity index (χ4v) is 1.18. The van der Waals surface area contributed by atoms with Crippen LogP contribution in [0.5, 0.6) is 0 Å². The van der Waals surface area contributed by atoms with Crippen LogP contribution in [0.3, 0.4) is 0 Å². The van der Waals surface area contributed by atoms with Crippen molar-refractivity contribution in [2.24, 2.45) is 5.11 Å². The molecule has 74 valence electrons. The summed E-state index contributed by atoms with van der Waals surface area (Å²) in [5.74, 6) is 0. The second-order valence-corrected chi connectivity index (χ2v) is 4.25. The van der Waals surface area contributed by atoms with Crippen LogP contribution in [-0.4, -0.2) is 0 Å². The van der Waals surface area contributed by atoms with Crippen LogP contribution in [0.15, 0.2) is 23.3 Å². The molecular weight excluding hydrogens is 176 g/mol. The Balaban J connectivity index is 3.27. The van der Waals surface area contributed by atoms with Gasteiger partial charge in [-0.3, -0.25) is 0 Å². The van der Waals surface area contributed by atoms with Gasteiger partial charge in [-0.1, -0.05) is 25.9 Å². The van der Waals surface area contributed by atoms with Gasteiger partial charge in [0.05, 0.1) is 0 Å². The molecule has 0 aliphatic rings. The Morgan fingerprint density at radius 3 is 2.43 bits per heavy atom. The summed E-state index contributed by atoms with van der Waals surface area (Å²) in [6, 6.07) is 5.42. The molecule has 0 saturated heterocycles. The van der Waals surface area contributed by atoms with E-state index in [1.165, 1.54) is 0 Å². The summed E-state index contributed by atoms with van der Waals surface area (Å²) in [4.78, 5) is 2.74. The average Bonchev–Trinajstić information content (AvgIpc) is 2.02. The van der Waals surface area contributed by atoms with Crippen molar-refractivity contribution in [1.82, 2.24) is 0 Å². The van der Waals surface area contributed by atoms with Gasteiger partial charge in [-0.2, -0.15) is 0 Å². The van der Waals surface area contributed by atoms with E-state index in [1.807, 2.05) is 12.1 Å². The molecule has 4 heteroatoms. The molecule has 0 aliphatic carbocycles. The molecule has 0 atom stereocenters. The molecule has 4 nitrogen and oxygen atoms in total. The number of benzene rings is 1. The molecule has 0 aliphatic heterocycles. The van der Waals surface area contributed by atoms with E-state index < -0.39 is 0 Å². The number of hydrogen-bond acceptors (Lipinski definition) is 2. The molecule has 2 N–H and O–H groups in total. The maximum Gasteiger partial charge on any atom is 0.0398 e. The first-order valence-corrected chi connectivity index (χ1v) is 4.39. The van der Waals surface area contributed by atoms with Crippen LogP contribution in [0.4, 0.5) is 11.4 Å². The Hall–Kier alpha value is -1.67. The molecule has 0 unspecified atom stereocenters. The van der Waals surface area contributed by atoms with E-state index in [2.05, 4.69) is 30.8 Å². The molecule has 0 bridgehead atoms. The van der Waals surface area contributed by atoms with Crippen LogP contribution >= 0.6 is 0 Å². The third-order valence-electron chi connectivity index (χ3n) is 1.97.